The second kappa shape index (κ2) is 6.29. The Morgan fingerprint density at radius 3 is 2.75 bits per heavy atom. The lowest BCUT2D eigenvalue weighted by Crippen LogP contribution is -2.37. The van der Waals surface area contributed by atoms with Crippen LogP contribution in [0.1, 0.15) is 31.9 Å². The highest BCUT2D eigenvalue weighted by Crippen LogP contribution is 2.28. The van der Waals surface area contributed by atoms with Crippen molar-refractivity contribution < 1.29 is 0 Å². The van der Waals surface area contributed by atoms with Crippen LogP contribution in [-0.4, -0.2) is 26.9 Å². The predicted molar refractivity (Wildman–Crippen MR) is 98.8 cm³/mol. The normalized spacial score (nSPS) is 19.0. The number of fused-ring (bicyclic) bond motifs is 1. The summed E-state index contributed by atoms with van der Waals surface area (Å²) < 4.78 is 2.23. The van der Waals surface area contributed by atoms with E-state index in [4.69, 9.17) is 10.7 Å². The van der Waals surface area contributed by atoms with Gasteiger partial charge in [-0.15, -0.1) is 0 Å². The summed E-state index contributed by atoms with van der Waals surface area (Å²) in [5.41, 5.74) is 11.1. The molecule has 2 N–H and O–H groups in total. The maximum Gasteiger partial charge on any atom is 0.137 e. The van der Waals surface area contributed by atoms with Gasteiger partial charge >= 0.3 is 0 Å². The molecule has 1 aromatic carbocycles. The van der Waals surface area contributed by atoms with Gasteiger partial charge in [-0.1, -0.05) is 24.6 Å². The van der Waals surface area contributed by atoms with Gasteiger partial charge in [-0.3, -0.25) is 4.90 Å². The number of aromatic nitrogens is 2. The van der Waals surface area contributed by atoms with E-state index in [0.717, 1.165) is 29.1 Å². The first-order valence-electron chi connectivity index (χ1n) is 8.78. The second-order valence-corrected chi connectivity index (χ2v) is 6.77. The molecular weight excluding hydrogens is 296 g/mol. The van der Waals surface area contributed by atoms with Gasteiger partial charge in [0.2, 0.25) is 0 Å². The number of nitrogens with zero attached hydrogens (tertiary/aromatic N) is 3. The molecule has 1 fully saturated rings. The van der Waals surface area contributed by atoms with E-state index in [0.29, 0.717) is 6.04 Å². The number of benzene rings is 1. The largest absolute Gasteiger partial charge is 0.399 e. The van der Waals surface area contributed by atoms with Crippen molar-refractivity contribution >= 4 is 11.3 Å². The highest BCUT2D eigenvalue weighted by Gasteiger charge is 2.22. The van der Waals surface area contributed by atoms with Crippen molar-refractivity contribution in [3.05, 3.63) is 54.4 Å². The number of hydrogen-bond donors (Lipinski definition) is 1. The van der Waals surface area contributed by atoms with E-state index in [1.165, 1.54) is 31.5 Å². The Labute approximate surface area is 142 Å². The molecule has 0 saturated carbocycles. The fraction of sp³-hybridized carbons (Fsp3) is 0.350. The number of likely N-dealkylation sites (tertiary alicyclic amines) is 1. The molecule has 0 bridgehead atoms. The first-order valence-corrected chi connectivity index (χ1v) is 8.78. The van der Waals surface area contributed by atoms with Gasteiger partial charge in [0.25, 0.3) is 0 Å². The summed E-state index contributed by atoms with van der Waals surface area (Å²) in [7, 11) is 0. The van der Waals surface area contributed by atoms with Crippen molar-refractivity contribution in [3.8, 4) is 11.3 Å². The summed E-state index contributed by atoms with van der Waals surface area (Å²) in [4.78, 5) is 7.48. The molecule has 1 atom stereocenters. The molecule has 124 valence electrons. The third-order valence-electron chi connectivity index (χ3n) is 5.11. The Morgan fingerprint density at radius 1 is 1.12 bits per heavy atom. The lowest BCUT2D eigenvalue weighted by molar-refractivity contribution is 0.151. The minimum atomic E-state index is 0.632. The minimum absolute atomic E-state index is 0.632. The molecule has 0 spiro atoms. The molecule has 24 heavy (non-hydrogen) atoms. The van der Waals surface area contributed by atoms with Gasteiger partial charge in [-0.05, 0) is 50.6 Å². The first-order chi connectivity index (χ1) is 11.7. The molecule has 1 aliphatic rings. The van der Waals surface area contributed by atoms with Gasteiger partial charge < -0.3 is 10.1 Å². The monoisotopic (exact) mass is 320 g/mol. The zero-order valence-corrected chi connectivity index (χ0v) is 14.2. The van der Waals surface area contributed by atoms with Crippen molar-refractivity contribution in [2.45, 2.75) is 38.8 Å². The molecule has 3 heterocycles. The molecule has 1 unspecified atom stereocenters. The topological polar surface area (TPSA) is 46.6 Å². The van der Waals surface area contributed by atoms with Crippen LogP contribution in [0.4, 0.5) is 5.69 Å². The third-order valence-corrected chi connectivity index (χ3v) is 5.11. The number of pyridine rings is 1. The average molecular weight is 320 g/mol. The van der Waals surface area contributed by atoms with Crippen molar-refractivity contribution in [1.82, 2.24) is 14.3 Å². The molecule has 0 aliphatic carbocycles. The molecule has 4 nitrogen and oxygen atoms in total. The average Bonchev–Trinajstić information content (AvgIpc) is 2.96. The second-order valence-electron chi connectivity index (χ2n) is 6.77. The van der Waals surface area contributed by atoms with Crippen molar-refractivity contribution in [2.24, 2.45) is 0 Å². The van der Waals surface area contributed by atoms with Gasteiger partial charge in [-0.2, -0.15) is 0 Å². The molecule has 3 aromatic rings. The minimum Gasteiger partial charge on any atom is -0.399 e. The van der Waals surface area contributed by atoms with Crippen LogP contribution in [0.5, 0.6) is 0 Å². The van der Waals surface area contributed by atoms with Crippen LogP contribution in [0.3, 0.4) is 0 Å². The summed E-state index contributed by atoms with van der Waals surface area (Å²) >= 11 is 0. The van der Waals surface area contributed by atoms with Gasteiger partial charge in [0, 0.05) is 30.0 Å². The van der Waals surface area contributed by atoms with Gasteiger partial charge in [0.15, 0.2) is 0 Å². The number of nitrogens with two attached hydrogens (primary N) is 1. The van der Waals surface area contributed by atoms with Gasteiger partial charge in [0.1, 0.15) is 5.65 Å². The summed E-state index contributed by atoms with van der Waals surface area (Å²) in [5, 5.41) is 0. The molecule has 1 saturated heterocycles. The molecule has 4 heteroatoms. The van der Waals surface area contributed by atoms with E-state index in [9.17, 15) is 0 Å². The smallest absolute Gasteiger partial charge is 0.137 e. The van der Waals surface area contributed by atoms with Crippen molar-refractivity contribution in [1.29, 1.82) is 0 Å². The molecule has 1 aliphatic heterocycles. The maximum atomic E-state index is 5.85. The lowest BCUT2D eigenvalue weighted by atomic mass is 10.0. The van der Waals surface area contributed by atoms with E-state index < -0.39 is 0 Å². The Balaban J connectivity index is 1.79. The molecule has 0 amide bonds. The Kier molecular flexibility index (Phi) is 3.98. The number of rotatable bonds is 3. The third kappa shape index (κ3) is 2.78. The molecule has 4 rings (SSSR count). The maximum absolute atomic E-state index is 5.85. The van der Waals surface area contributed by atoms with E-state index in [1.807, 2.05) is 18.2 Å². The van der Waals surface area contributed by atoms with Gasteiger partial charge in [-0.25, -0.2) is 4.98 Å². The zero-order valence-electron chi connectivity index (χ0n) is 14.2. The van der Waals surface area contributed by atoms with Gasteiger partial charge in [0.05, 0.1) is 11.4 Å². The van der Waals surface area contributed by atoms with E-state index in [1.54, 1.807) is 0 Å². The predicted octanol–water partition coefficient (Wildman–Crippen LogP) is 3.96. The van der Waals surface area contributed by atoms with Crippen molar-refractivity contribution in [3.63, 3.8) is 0 Å². The quantitative estimate of drug-likeness (QED) is 0.743. The lowest BCUT2D eigenvalue weighted by Gasteiger charge is -2.33. The Morgan fingerprint density at radius 2 is 1.96 bits per heavy atom. The zero-order chi connectivity index (χ0) is 16.5. The Bertz CT molecular complexity index is 834. The Hall–Kier alpha value is -2.33. The standard InChI is InChI=1S/C20H24N4/c1-15-6-2-4-12-23(15)14-18-20(16-8-10-17(21)11-9-16)22-19-7-3-5-13-24(18)19/h3,5,7-11,13,15H,2,4,6,12,14,21H2,1H3. The van der Waals surface area contributed by atoms with E-state index >= 15 is 0 Å². The fourth-order valence-corrected chi connectivity index (χ4v) is 3.65. The SMILES string of the molecule is CC1CCCCN1Cc1c(-c2ccc(N)cc2)nc2ccccn12. The summed E-state index contributed by atoms with van der Waals surface area (Å²) in [6, 6.07) is 14.9. The van der Waals surface area contributed by atoms with E-state index in [-0.39, 0.29) is 0 Å². The fourth-order valence-electron chi connectivity index (χ4n) is 3.65. The van der Waals surface area contributed by atoms with Crippen LogP contribution in [0, 0.1) is 0 Å². The summed E-state index contributed by atoms with van der Waals surface area (Å²) in [6.45, 7) is 4.44. The molecular formula is C20H24N4. The number of hydrogen-bond acceptors (Lipinski definition) is 3. The van der Waals surface area contributed by atoms with Crippen LogP contribution in [-0.2, 0) is 6.54 Å². The van der Waals surface area contributed by atoms with Crippen LogP contribution < -0.4 is 5.73 Å². The summed E-state index contributed by atoms with van der Waals surface area (Å²) in [5.74, 6) is 0. The first kappa shape index (κ1) is 15.2. The number of piperidine rings is 1. The molecule has 2 aromatic heterocycles. The van der Waals surface area contributed by atoms with Crippen molar-refractivity contribution in [2.75, 3.05) is 12.3 Å². The van der Waals surface area contributed by atoms with E-state index in [2.05, 4.69) is 46.7 Å². The highest BCUT2D eigenvalue weighted by atomic mass is 15.2. The molecule has 0 radical (unpaired) electrons. The van der Waals surface area contributed by atoms with Crippen LogP contribution in [0.2, 0.25) is 0 Å². The van der Waals surface area contributed by atoms with Crippen LogP contribution >= 0.6 is 0 Å². The van der Waals surface area contributed by atoms with Crippen LogP contribution in [0.15, 0.2) is 48.7 Å². The van der Waals surface area contributed by atoms with Crippen LogP contribution in [0.25, 0.3) is 16.9 Å². The number of anilines is 1. The highest BCUT2D eigenvalue weighted by molar-refractivity contribution is 5.68. The summed E-state index contributed by atoms with van der Waals surface area (Å²) in [6.07, 6.45) is 6.04. The number of nitrogen functional groups attached to an aromatic ring is 1. The number of imidazole rings is 1.